The maximum absolute atomic E-state index is 11.8. The summed E-state index contributed by atoms with van der Waals surface area (Å²) in [6, 6.07) is -0.000110. The average Bonchev–Trinajstić information content (AvgIpc) is 2.85. The third kappa shape index (κ3) is 1.68. The Balaban J connectivity index is 1.74. The van der Waals surface area contributed by atoms with Crippen LogP contribution in [0, 0.1) is 5.92 Å². The molecule has 0 aromatic heterocycles. The topological polar surface area (TPSA) is 56.8 Å². The van der Waals surface area contributed by atoms with Gasteiger partial charge in [-0.1, -0.05) is 0 Å². The third-order valence-corrected chi connectivity index (χ3v) is 3.87. The van der Waals surface area contributed by atoms with Crippen LogP contribution in [0.1, 0.15) is 27.2 Å². The molecule has 5 heteroatoms. The summed E-state index contributed by atoms with van der Waals surface area (Å²) in [4.78, 5) is 11.8. The maximum atomic E-state index is 11.8. The highest BCUT2D eigenvalue weighted by atomic mass is 16.8. The first-order valence-electron chi connectivity index (χ1n) is 6.30. The van der Waals surface area contributed by atoms with Gasteiger partial charge in [-0.3, -0.25) is 10.1 Å². The second-order valence-corrected chi connectivity index (χ2v) is 5.47. The van der Waals surface area contributed by atoms with E-state index >= 15 is 0 Å². The van der Waals surface area contributed by atoms with Crippen molar-refractivity contribution in [1.29, 1.82) is 0 Å². The van der Waals surface area contributed by atoms with Gasteiger partial charge in [0.2, 0.25) is 0 Å². The molecule has 0 aromatic rings. The minimum Gasteiger partial charge on any atom is -0.465 e. The van der Waals surface area contributed by atoms with Gasteiger partial charge in [-0.2, -0.15) is 0 Å². The molecule has 3 aliphatic rings. The summed E-state index contributed by atoms with van der Waals surface area (Å²) in [7, 11) is 0. The van der Waals surface area contributed by atoms with Crippen LogP contribution >= 0.6 is 0 Å². The lowest BCUT2D eigenvalue weighted by molar-refractivity contribution is -0.158. The van der Waals surface area contributed by atoms with Gasteiger partial charge in [0.05, 0.1) is 12.7 Å². The number of carbonyl (C=O) groups is 1. The van der Waals surface area contributed by atoms with E-state index in [9.17, 15) is 4.79 Å². The summed E-state index contributed by atoms with van der Waals surface area (Å²) >= 11 is 0. The predicted octanol–water partition coefficient (Wildman–Crippen LogP) is 0.430. The largest absolute Gasteiger partial charge is 0.465 e. The molecule has 17 heavy (non-hydrogen) atoms. The highest BCUT2D eigenvalue weighted by molar-refractivity contribution is 5.77. The van der Waals surface area contributed by atoms with Gasteiger partial charge in [0.25, 0.3) is 0 Å². The van der Waals surface area contributed by atoms with E-state index in [-0.39, 0.29) is 36.2 Å². The molecule has 3 rings (SSSR count). The molecule has 0 spiro atoms. The Labute approximate surface area is 101 Å². The summed E-state index contributed by atoms with van der Waals surface area (Å²) in [6.45, 7) is 6.09. The first-order valence-corrected chi connectivity index (χ1v) is 6.30. The van der Waals surface area contributed by atoms with Gasteiger partial charge in [-0.05, 0) is 27.2 Å². The Bertz CT molecular complexity index is 343. The summed E-state index contributed by atoms with van der Waals surface area (Å²) < 4.78 is 16.8. The van der Waals surface area contributed by atoms with Crippen LogP contribution in [0.3, 0.4) is 0 Å². The van der Waals surface area contributed by atoms with Crippen molar-refractivity contribution in [1.82, 2.24) is 5.32 Å². The fraction of sp³-hybridized carbons (Fsp3) is 0.917. The first kappa shape index (κ1) is 11.4. The first-order chi connectivity index (χ1) is 8.02. The fourth-order valence-corrected chi connectivity index (χ4v) is 3.34. The second kappa shape index (κ2) is 3.67. The van der Waals surface area contributed by atoms with Crippen molar-refractivity contribution < 1.29 is 19.0 Å². The van der Waals surface area contributed by atoms with E-state index in [1.165, 1.54) is 0 Å². The molecule has 0 aromatic carbocycles. The van der Waals surface area contributed by atoms with Gasteiger partial charge in [-0.25, -0.2) is 0 Å². The SMILES string of the molecule is CCOC(=O)[C@@H]1N[C@H]2C[C@H]1[C@@H]1OC(C)(C)O[C@H]12. The number of ether oxygens (including phenoxy) is 3. The summed E-state index contributed by atoms with van der Waals surface area (Å²) in [5.41, 5.74) is 0. The van der Waals surface area contributed by atoms with E-state index in [0.29, 0.717) is 6.61 Å². The fourth-order valence-electron chi connectivity index (χ4n) is 3.34. The van der Waals surface area contributed by atoms with Crippen molar-refractivity contribution in [3.8, 4) is 0 Å². The molecule has 1 aliphatic carbocycles. The van der Waals surface area contributed by atoms with E-state index < -0.39 is 5.79 Å². The number of piperidine rings is 1. The van der Waals surface area contributed by atoms with Gasteiger partial charge in [0, 0.05) is 12.0 Å². The van der Waals surface area contributed by atoms with Crippen LogP contribution in [0.5, 0.6) is 0 Å². The molecule has 2 saturated heterocycles. The van der Waals surface area contributed by atoms with Gasteiger partial charge in [0.15, 0.2) is 5.79 Å². The zero-order valence-electron chi connectivity index (χ0n) is 10.4. The highest BCUT2D eigenvalue weighted by Crippen LogP contribution is 2.46. The highest BCUT2D eigenvalue weighted by Gasteiger charge is 2.61. The van der Waals surface area contributed by atoms with E-state index in [1.54, 1.807) is 0 Å². The van der Waals surface area contributed by atoms with Crippen LogP contribution in [-0.4, -0.2) is 42.7 Å². The van der Waals surface area contributed by atoms with Crippen molar-refractivity contribution in [3.63, 3.8) is 0 Å². The summed E-state index contributed by atoms with van der Waals surface area (Å²) in [5, 5.41) is 3.30. The molecule has 96 valence electrons. The monoisotopic (exact) mass is 241 g/mol. The molecule has 2 heterocycles. The Kier molecular flexibility index (Phi) is 2.47. The Morgan fingerprint density at radius 1 is 1.41 bits per heavy atom. The number of fused-ring (bicyclic) bond motifs is 5. The Hall–Kier alpha value is -0.650. The van der Waals surface area contributed by atoms with Crippen molar-refractivity contribution in [2.45, 2.75) is 57.3 Å². The zero-order valence-corrected chi connectivity index (χ0v) is 10.4. The Morgan fingerprint density at radius 3 is 2.82 bits per heavy atom. The molecule has 5 nitrogen and oxygen atoms in total. The normalized spacial score (nSPS) is 45.9. The predicted molar refractivity (Wildman–Crippen MR) is 59.3 cm³/mol. The number of hydrogen-bond donors (Lipinski definition) is 1. The minimum atomic E-state index is -0.530. The number of esters is 1. The van der Waals surface area contributed by atoms with Crippen LogP contribution in [-0.2, 0) is 19.0 Å². The molecule has 2 bridgehead atoms. The van der Waals surface area contributed by atoms with Gasteiger partial charge in [0.1, 0.15) is 12.1 Å². The van der Waals surface area contributed by atoms with E-state index in [2.05, 4.69) is 5.32 Å². The number of rotatable bonds is 2. The van der Waals surface area contributed by atoms with Crippen LogP contribution in [0.2, 0.25) is 0 Å². The zero-order chi connectivity index (χ0) is 12.2. The van der Waals surface area contributed by atoms with Crippen LogP contribution in [0.15, 0.2) is 0 Å². The second-order valence-electron chi connectivity index (χ2n) is 5.47. The number of carbonyl (C=O) groups excluding carboxylic acids is 1. The number of nitrogens with one attached hydrogen (secondary N) is 1. The van der Waals surface area contributed by atoms with E-state index in [1.807, 2.05) is 20.8 Å². The third-order valence-electron chi connectivity index (χ3n) is 3.87. The van der Waals surface area contributed by atoms with Gasteiger partial charge >= 0.3 is 5.97 Å². The Morgan fingerprint density at radius 2 is 2.12 bits per heavy atom. The number of hydrogen-bond acceptors (Lipinski definition) is 5. The quantitative estimate of drug-likeness (QED) is 0.710. The molecule has 3 fully saturated rings. The molecular weight excluding hydrogens is 222 g/mol. The smallest absolute Gasteiger partial charge is 0.323 e. The molecule has 5 atom stereocenters. The van der Waals surface area contributed by atoms with Gasteiger partial charge < -0.3 is 14.2 Å². The maximum Gasteiger partial charge on any atom is 0.323 e. The van der Waals surface area contributed by atoms with E-state index in [4.69, 9.17) is 14.2 Å². The molecule has 0 amide bonds. The van der Waals surface area contributed by atoms with Crippen LogP contribution in [0.25, 0.3) is 0 Å². The van der Waals surface area contributed by atoms with Gasteiger partial charge in [-0.15, -0.1) is 0 Å². The summed E-state index contributed by atoms with van der Waals surface area (Å²) in [6.07, 6.45) is 1.06. The van der Waals surface area contributed by atoms with Crippen molar-refractivity contribution in [2.24, 2.45) is 5.92 Å². The molecule has 0 radical (unpaired) electrons. The van der Waals surface area contributed by atoms with Crippen molar-refractivity contribution in [2.75, 3.05) is 6.61 Å². The molecule has 1 saturated carbocycles. The van der Waals surface area contributed by atoms with Crippen LogP contribution in [0.4, 0.5) is 0 Å². The average molecular weight is 241 g/mol. The lowest BCUT2D eigenvalue weighted by Gasteiger charge is -2.28. The van der Waals surface area contributed by atoms with Crippen molar-refractivity contribution >= 4 is 5.97 Å². The van der Waals surface area contributed by atoms with Crippen LogP contribution < -0.4 is 5.32 Å². The lowest BCUT2D eigenvalue weighted by atomic mass is 9.96. The molecular formula is C12H19NO4. The summed E-state index contributed by atoms with van der Waals surface area (Å²) in [5.74, 6) is -0.505. The van der Waals surface area contributed by atoms with E-state index in [0.717, 1.165) is 6.42 Å². The minimum absolute atomic E-state index is 0.0330. The standard InChI is InChI=1S/C12H19NO4/c1-4-15-11(14)8-6-5-7(13-8)10-9(6)16-12(2,3)17-10/h6-10,13H,4-5H2,1-3H3/t6-,7+,8-,9+,10+/m1/s1. The molecule has 2 aliphatic heterocycles. The molecule has 0 unspecified atom stereocenters. The lowest BCUT2D eigenvalue weighted by Crippen LogP contribution is -2.53. The van der Waals surface area contributed by atoms with Crippen molar-refractivity contribution in [3.05, 3.63) is 0 Å². The molecule has 1 N–H and O–H groups in total.